The number of rotatable bonds is 12. The van der Waals surface area contributed by atoms with Crippen LogP contribution in [0.3, 0.4) is 0 Å². The van der Waals surface area contributed by atoms with Crippen LogP contribution in [0.25, 0.3) is 55.8 Å². The minimum absolute atomic E-state index is 0.343. The highest BCUT2D eigenvalue weighted by Gasteiger charge is 2.18. The molecule has 2 aromatic carbocycles. The van der Waals surface area contributed by atoms with E-state index >= 15 is 0 Å². The molecule has 10 heteroatoms. The normalized spacial score (nSPS) is 13.6. The summed E-state index contributed by atoms with van der Waals surface area (Å²) in [4.78, 5) is 19.9. The van der Waals surface area contributed by atoms with Crippen molar-refractivity contribution < 1.29 is 9.13 Å². The summed E-state index contributed by atoms with van der Waals surface area (Å²) >= 11 is 0. The fourth-order valence-corrected chi connectivity index (χ4v) is 6.02. The molecule has 0 spiro atoms. The van der Waals surface area contributed by atoms with Crippen molar-refractivity contribution in [1.82, 2.24) is 35.0 Å². The Balaban J connectivity index is 1.17. The maximum atomic E-state index is 14.8. The number of aromatic amines is 2. The number of H-pyrrole nitrogens is 2. The lowest BCUT2D eigenvalue weighted by atomic mass is 10.0. The fourth-order valence-electron chi connectivity index (χ4n) is 6.02. The van der Waals surface area contributed by atoms with E-state index in [1.54, 1.807) is 6.20 Å². The van der Waals surface area contributed by atoms with Crippen LogP contribution in [-0.2, 0) is 0 Å². The van der Waals surface area contributed by atoms with E-state index in [1.165, 1.54) is 37.8 Å². The molecule has 1 aliphatic heterocycles. The minimum atomic E-state index is -0.343. The Labute approximate surface area is 261 Å². The largest absolute Gasteiger partial charge is 0.492 e. The first-order chi connectivity index (χ1) is 22.1. The van der Waals surface area contributed by atoms with Crippen LogP contribution in [0, 0.1) is 5.82 Å². The molecule has 7 rings (SSSR count). The van der Waals surface area contributed by atoms with Crippen molar-refractivity contribution in [2.24, 2.45) is 0 Å². The number of anilines is 1. The third-order valence-corrected chi connectivity index (χ3v) is 8.38. The summed E-state index contributed by atoms with van der Waals surface area (Å²) in [6, 6.07) is 14.8. The lowest BCUT2D eigenvalue weighted by Crippen LogP contribution is -2.25. The van der Waals surface area contributed by atoms with E-state index in [0.29, 0.717) is 29.4 Å². The molecule has 0 aliphatic carbocycles. The van der Waals surface area contributed by atoms with Crippen molar-refractivity contribution in [2.45, 2.75) is 39.0 Å². The maximum absolute atomic E-state index is 14.8. The molecule has 0 atom stereocenters. The molecule has 1 aliphatic rings. The number of benzene rings is 2. The van der Waals surface area contributed by atoms with E-state index in [4.69, 9.17) is 9.72 Å². The second-order valence-corrected chi connectivity index (χ2v) is 11.6. The average molecular weight is 605 g/mol. The Morgan fingerprint density at radius 3 is 2.78 bits per heavy atom. The number of fused-ring (bicyclic) bond motifs is 2. The Bertz CT molecular complexity index is 1930. The monoisotopic (exact) mass is 604 g/mol. The number of pyridine rings is 2. The van der Waals surface area contributed by atoms with E-state index in [-0.39, 0.29) is 5.82 Å². The molecule has 6 aromatic rings. The first kappa shape index (κ1) is 28.9. The number of likely N-dealkylation sites (tertiary alicyclic amines) is 1. The van der Waals surface area contributed by atoms with Gasteiger partial charge in [-0.3, -0.25) is 20.0 Å². The molecule has 230 valence electrons. The van der Waals surface area contributed by atoms with Crippen molar-refractivity contribution in [2.75, 3.05) is 38.1 Å². The van der Waals surface area contributed by atoms with Crippen LogP contribution in [-0.4, -0.2) is 67.8 Å². The number of nitrogens with one attached hydrogen (secondary N) is 3. The van der Waals surface area contributed by atoms with Gasteiger partial charge in [-0.2, -0.15) is 5.10 Å². The Kier molecular flexibility index (Phi) is 8.37. The van der Waals surface area contributed by atoms with Gasteiger partial charge in [0.2, 0.25) is 0 Å². The molecular weight excluding hydrogens is 567 g/mol. The summed E-state index contributed by atoms with van der Waals surface area (Å²) in [5.74, 6) is 0.790. The topological polar surface area (TPSA) is 108 Å². The molecule has 45 heavy (non-hydrogen) atoms. The van der Waals surface area contributed by atoms with Crippen LogP contribution in [0.5, 0.6) is 5.75 Å². The molecule has 5 heterocycles. The number of imidazole rings is 1. The highest BCUT2D eigenvalue weighted by molar-refractivity contribution is 5.98. The van der Waals surface area contributed by atoms with Crippen molar-refractivity contribution in [3.8, 4) is 39.7 Å². The molecule has 9 nitrogen and oxygen atoms in total. The van der Waals surface area contributed by atoms with E-state index in [9.17, 15) is 4.39 Å². The van der Waals surface area contributed by atoms with Gasteiger partial charge in [0, 0.05) is 48.1 Å². The summed E-state index contributed by atoms with van der Waals surface area (Å²) < 4.78 is 20.8. The van der Waals surface area contributed by atoms with Gasteiger partial charge in [-0.25, -0.2) is 9.37 Å². The molecule has 1 saturated heterocycles. The maximum Gasteiger partial charge on any atom is 0.159 e. The molecule has 1 fully saturated rings. The van der Waals surface area contributed by atoms with Gasteiger partial charge in [-0.15, -0.1) is 0 Å². The summed E-state index contributed by atoms with van der Waals surface area (Å²) in [5.41, 5.74) is 7.27. The zero-order valence-corrected chi connectivity index (χ0v) is 25.4. The smallest absolute Gasteiger partial charge is 0.159 e. The predicted molar refractivity (Wildman–Crippen MR) is 177 cm³/mol. The van der Waals surface area contributed by atoms with Gasteiger partial charge in [-0.1, -0.05) is 31.9 Å². The zero-order chi connectivity index (χ0) is 30.6. The fraction of sp³-hybridized carbons (Fsp3) is 0.314. The predicted octanol–water partition coefficient (Wildman–Crippen LogP) is 7.45. The van der Waals surface area contributed by atoms with Gasteiger partial charge in [0.15, 0.2) is 5.82 Å². The first-order valence-corrected chi connectivity index (χ1v) is 15.8. The van der Waals surface area contributed by atoms with E-state index in [1.807, 2.05) is 42.7 Å². The number of halogens is 1. The third-order valence-electron chi connectivity index (χ3n) is 8.38. The summed E-state index contributed by atoms with van der Waals surface area (Å²) in [7, 11) is 0. The van der Waals surface area contributed by atoms with Crippen molar-refractivity contribution in [3.63, 3.8) is 0 Å². The number of aromatic nitrogens is 6. The summed E-state index contributed by atoms with van der Waals surface area (Å²) in [5, 5.41) is 12.0. The molecule has 0 saturated carbocycles. The molecule has 0 amide bonds. The number of hydrogen-bond acceptors (Lipinski definition) is 7. The molecule has 3 N–H and O–H groups in total. The van der Waals surface area contributed by atoms with Crippen LogP contribution in [0.4, 0.5) is 10.1 Å². The second-order valence-electron chi connectivity index (χ2n) is 11.6. The van der Waals surface area contributed by atoms with Crippen LogP contribution in [0.2, 0.25) is 0 Å². The summed E-state index contributed by atoms with van der Waals surface area (Å²) in [6.07, 6.45) is 11.4. The van der Waals surface area contributed by atoms with Crippen LogP contribution < -0.4 is 10.1 Å². The number of ether oxygens (including phenoxy) is 1. The number of nitrogens with zero attached hydrogens (tertiary/aromatic N) is 5. The SMILES string of the molecule is CCCCCNc1cncc(-c2cc3c(-c4nc5c(-c6cc(F)cc(OCCN7CCCC7)c6)cccc5[nH]4)n[nH]c3cn2)c1. The lowest BCUT2D eigenvalue weighted by Gasteiger charge is -2.15. The molecule has 0 unspecified atom stereocenters. The number of unbranched alkanes of at least 4 members (excludes halogenated alkanes) is 2. The van der Waals surface area contributed by atoms with E-state index in [0.717, 1.165) is 77.0 Å². The Hall–Kier alpha value is -4.83. The molecule has 0 radical (unpaired) electrons. The average Bonchev–Trinajstić information content (AvgIpc) is 3.82. The van der Waals surface area contributed by atoms with Gasteiger partial charge in [-0.05, 0) is 68.2 Å². The second kappa shape index (κ2) is 13.0. The van der Waals surface area contributed by atoms with Crippen LogP contribution in [0.15, 0.2) is 67.1 Å². The van der Waals surface area contributed by atoms with Gasteiger partial charge in [0.05, 0.1) is 34.1 Å². The zero-order valence-electron chi connectivity index (χ0n) is 25.4. The summed E-state index contributed by atoms with van der Waals surface area (Å²) in [6.45, 7) is 6.69. The van der Waals surface area contributed by atoms with Crippen LogP contribution in [0.1, 0.15) is 39.0 Å². The Morgan fingerprint density at radius 1 is 0.978 bits per heavy atom. The third kappa shape index (κ3) is 6.37. The minimum Gasteiger partial charge on any atom is -0.492 e. The van der Waals surface area contributed by atoms with Gasteiger partial charge in [0.1, 0.15) is 23.9 Å². The Morgan fingerprint density at radius 2 is 1.89 bits per heavy atom. The van der Waals surface area contributed by atoms with Crippen molar-refractivity contribution >= 4 is 27.6 Å². The molecular formula is C35H37FN8O. The van der Waals surface area contributed by atoms with Crippen molar-refractivity contribution in [3.05, 3.63) is 72.9 Å². The van der Waals surface area contributed by atoms with Gasteiger partial charge in [0.25, 0.3) is 0 Å². The molecule has 4 aromatic heterocycles. The van der Waals surface area contributed by atoms with Gasteiger partial charge < -0.3 is 15.0 Å². The highest BCUT2D eigenvalue weighted by atomic mass is 19.1. The molecule has 0 bridgehead atoms. The quantitative estimate of drug-likeness (QED) is 0.125. The number of hydrogen-bond donors (Lipinski definition) is 3. The van der Waals surface area contributed by atoms with E-state index < -0.39 is 0 Å². The standard InChI is InChI=1S/C35H37FN8O/c1-2-3-4-10-38-26-16-24(20-37-21-26)31-19-29-32(22-39-31)42-43-34(29)35-40-30-9-7-8-28(33(30)41-35)23-15-25(36)18-27(17-23)45-14-13-44-11-5-6-12-44/h7-9,15-22,38H,2-6,10-14H2,1H3,(H,40,41)(H,42,43). The number of para-hydroxylation sites is 1. The van der Waals surface area contributed by atoms with E-state index in [2.05, 4.69) is 48.4 Å². The first-order valence-electron chi connectivity index (χ1n) is 15.8. The van der Waals surface area contributed by atoms with Crippen LogP contribution >= 0.6 is 0 Å². The lowest BCUT2D eigenvalue weighted by molar-refractivity contribution is 0.237. The van der Waals surface area contributed by atoms with Gasteiger partial charge >= 0.3 is 0 Å². The van der Waals surface area contributed by atoms with Crippen molar-refractivity contribution in [1.29, 1.82) is 0 Å². The highest BCUT2D eigenvalue weighted by Crippen LogP contribution is 2.34.